The average molecular weight is 389 g/mol. The molecule has 0 radical (unpaired) electrons. The molecule has 124 valence electrons. The van der Waals surface area contributed by atoms with E-state index < -0.39 is 0 Å². The zero-order valence-corrected chi connectivity index (χ0v) is 14.7. The van der Waals surface area contributed by atoms with Gasteiger partial charge in [-0.15, -0.1) is 0 Å². The Balaban J connectivity index is 1.68. The molecule has 0 spiro atoms. The summed E-state index contributed by atoms with van der Waals surface area (Å²) in [5, 5.41) is 2.93. The number of amides is 2. The Morgan fingerprint density at radius 2 is 2.00 bits per heavy atom. The Morgan fingerprint density at radius 3 is 2.71 bits per heavy atom. The SMILES string of the molecule is COc1cccc(N2C[C@@H](NC(=O)c3ccc(Br)cc3)CC2=O)c1. The summed E-state index contributed by atoms with van der Waals surface area (Å²) in [7, 11) is 1.59. The van der Waals surface area contributed by atoms with Crippen molar-refractivity contribution in [3.8, 4) is 5.75 Å². The van der Waals surface area contributed by atoms with E-state index in [1.807, 2.05) is 36.4 Å². The predicted octanol–water partition coefficient (Wildman–Crippen LogP) is 2.99. The highest BCUT2D eigenvalue weighted by atomic mass is 79.9. The van der Waals surface area contributed by atoms with Gasteiger partial charge in [-0.2, -0.15) is 0 Å². The smallest absolute Gasteiger partial charge is 0.251 e. The highest BCUT2D eigenvalue weighted by Crippen LogP contribution is 2.25. The first-order valence-corrected chi connectivity index (χ1v) is 8.37. The van der Waals surface area contributed by atoms with Crippen LogP contribution in [0.2, 0.25) is 0 Å². The zero-order chi connectivity index (χ0) is 17.1. The van der Waals surface area contributed by atoms with Gasteiger partial charge in [-0.25, -0.2) is 0 Å². The second kappa shape index (κ2) is 7.05. The van der Waals surface area contributed by atoms with Crippen LogP contribution in [-0.4, -0.2) is 31.5 Å². The molecule has 0 aliphatic carbocycles. The van der Waals surface area contributed by atoms with Crippen LogP contribution in [0.3, 0.4) is 0 Å². The summed E-state index contributed by atoms with van der Waals surface area (Å²) < 4.78 is 6.11. The van der Waals surface area contributed by atoms with E-state index in [-0.39, 0.29) is 17.9 Å². The number of anilines is 1. The van der Waals surface area contributed by atoms with Crippen LogP contribution in [0.5, 0.6) is 5.75 Å². The van der Waals surface area contributed by atoms with Crippen LogP contribution in [-0.2, 0) is 4.79 Å². The van der Waals surface area contributed by atoms with E-state index >= 15 is 0 Å². The van der Waals surface area contributed by atoms with E-state index in [4.69, 9.17) is 4.74 Å². The standard InChI is InChI=1S/C18H17BrN2O3/c1-24-16-4-2-3-15(10-16)21-11-14(9-17(21)22)20-18(23)12-5-7-13(19)8-6-12/h2-8,10,14H,9,11H2,1H3,(H,20,23)/t14-/m0/s1. The van der Waals surface area contributed by atoms with Crippen LogP contribution in [0.4, 0.5) is 5.69 Å². The first-order valence-electron chi connectivity index (χ1n) is 7.57. The van der Waals surface area contributed by atoms with Crippen LogP contribution in [0.25, 0.3) is 0 Å². The largest absolute Gasteiger partial charge is 0.497 e. The molecule has 2 aromatic carbocycles. The minimum absolute atomic E-state index is 0.00985. The van der Waals surface area contributed by atoms with Gasteiger partial charge in [0, 0.05) is 34.8 Å². The molecule has 1 heterocycles. The lowest BCUT2D eigenvalue weighted by molar-refractivity contribution is -0.117. The fraction of sp³-hybridized carbons (Fsp3) is 0.222. The molecule has 1 N–H and O–H groups in total. The number of halogens is 1. The Morgan fingerprint density at radius 1 is 1.25 bits per heavy atom. The summed E-state index contributed by atoms with van der Waals surface area (Å²) in [5.41, 5.74) is 1.35. The summed E-state index contributed by atoms with van der Waals surface area (Å²) in [6, 6.07) is 14.3. The van der Waals surface area contributed by atoms with Gasteiger partial charge in [0.15, 0.2) is 0 Å². The van der Waals surface area contributed by atoms with Crippen molar-refractivity contribution in [2.75, 3.05) is 18.6 Å². The predicted molar refractivity (Wildman–Crippen MR) is 95.4 cm³/mol. The molecular formula is C18H17BrN2O3. The third kappa shape index (κ3) is 3.59. The Kier molecular flexibility index (Phi) is 4.85. The highest BCUT2D eigenvalue weighted by molar-refractivity contribution is 9.10. The number of hydrogen-bond acceptors (Lipinski definition) is 3. The number of methoxy groups -OCH3 is 1. The third-order valence-electron chi connectivity index (χ3n) is 3.93. The first kappa shape index (κ1) is 16.5. The molecule has 1 saturated heterocycles. The van der Waals surface area contributed by atoms with Gasteiger partial charge in [-0.3, -0.25) is 9.59 Å². The summed E-state index contributed by atoms with van der Waals surface area (Å²) in [6.07, 6.45) is 0.291. The molecule has 1 atom stereocenters. The van der Waals surface area contributed by atoms with Crippen molar-refractivity contribution >= 4 is 33.4 Å². The molecule has 1 aliphatic heterocycles. The second-order valence-corrected chi connectivity index (χ2v) is 6.50. The average Bonchev–Trinajstić information content (AvgIpc) is 2.95. The van der Waals surface area contributed by atoms with Crippen molar-refractivity contribution in [1.29, 1.82) is 0 Å². The maximum absolute atomic E-state index is 12.3. The van der Waals surface area contributed by atoms with Gasteiger partial charge in [-0.05, 0) is 36.4 Å². The van der Waals surface area contributed by atoms with Gasteiger partial charge in [0.1, 0.15) is 5.75 Å². The summed E-state index contributed by atoms with van der Waals surface area (Å²) >= 11 is 3.34. The van der Waals surface area contributed by atoms with E-state index in [9.17, 15) is 9.59 Å². The molecule has 24 heavy (non-hydrogen) atoms. The third-order valence-corrected chi connectivity index (χ3v) is 4.46. The van der Waals surface area contributed by atoms with Crippen molar-refractivity contribution in [3.63, 3.8) is 0 Å². The van der Waals surface area contributed by atoms with Crippen molar-refractivity contribution in [3.05, 3.63) is 58.6 Å². The molecular weight excluding hydrogens is 372 g/mol. The van der Waals surface area contributed by atoms with Crippen molar-refractivity contribution < 1.29 is 14.3 Å². The normalized spacial score (nSPS) is 17.0. The van der Waals surface area contributed by atoms with Crippen LogP contribution in [0.1, 0.15) is 16.8 Å². The lowest BCUT2D eigenvalue weighted by Crippen LogP contribution is -2.37. The van der Waals surface area contributed by atoms with Crippen molar-refractivity contribution in [2.24, 2.45) is 0 Å². The number of ether oxygens (including phenoxy) is 1. The van der Waals surface area contributed by atoms with Gasteiger partial charge < -0.3 is 15.0 Å². The Labute approximate surface area is 148 Å². The number of carbonyl (C=O) groups is 2. The maximum atomic E-state index is 12.3. The van der Waals surface area contributed by atoms with Crippen molar-refractivity contribution in [2.45, 2.75) is 12.5 Å². The van der Waals surface area contributed by atoms with Gasteiger partial charge in [0.25, 0.3) is 5.91 Å². The van der Waals surface area contributed by atoms with Crippen LogP contribution in [0.15, 0.2) is 53.0 Å². The summed E-state index contributed by atoms with van der Waals surface area (Å²) in [4.78, 5) is 26.2. The van der Waals surface area contributed by atoms with E-state index in [0.717, 1.165) is 10.2 Å². The molecule has 5 nitrogen and oxygen atoms in total. The van der Waals surface area contributed by atoms with E-state index in [0.29, 0.717) is 24.3 Å². The molecule has 1 aliphatic rings. The minimum Gasteiger partial charge on any atom is -0.497 e. The van der Waals surface area contributed by atoms with Crippen LogP contribution < -0.4 is 15.0 Å². The number of carbonyl (C=O) groups excluding carboxylic acids is 2. The summed E-state index contributed by atoms with van der Waals surface area (Å²) in [5.74, 6) is 0.514. The number of nitrogens with one attached hydrogen (secondary N) is 1. The lowest BCUT2D eigenvalue weighted by atomic mass is 10.2. The first-order chi connectivity index (χ1) is 11.6. The molecule has 0 bridgehead atoms. The van der Waals surface area contributed by atoms with Crippen molar-refractivity contribution in [1.82, 2.24) is 5.32 Å². The van der Waals surface area contributed by atoms with Gasteiger partial charge in [0.05, 0.1) is 13.2 Å². The number of hydrogen-bond donors (Lipinski definition) is 1. The molecule has 1 fully saturated rings. The molecule has 0 saturated carbocycles. The van der Waals surface area contributed by atoms with Gasteiger partial charge >= 0.3 is 0 Å². The van der Waals surface area contributed by atoms with Crippen LogP contribution >= 0.6 is 15.9 Å². The molecule has 0 aromatic heterocycles. The molecule has 2 amide bonds. The van der Waals surface area contributed by atoms with Gasteiger partial charge in [0.2, 0.25) is 5.91 Å². The molecule has 2 aromatic rings. The summed E-state index contributed by atoms with van der Waals surface area (Å²) in [6.45, 7) is 0.453. The zero-order valence-electron chi connectivity index (χ0n) is 13.2. The number of benzene rings is 2. The number of rotatable bonds is 4. The van der Waals surface area contributed by atoms with E-state index in [1.165, 1.54) is 0 Å². The molecule has 0 unspecified atom stereocenters. The second-order valence-electron chi connectivity index (χ2n) is 5.59. The molecule has 3 rings (SSSR count). The number of nitrogens with zero attached hydrogens (tertiary/aromatic N) is 1. The Bertz CT molecular complexity index is 761. The minimum atomic E-state index is -0.208. The Hall–Kier alpha value is -2.34. The van der Waals surface area contributed by atoms with E-state index in [2.05, 4.69) is 21.2 Å². The van der Waals surface area contributed by atoms with E-state index in [1.54, 1.807) is 24.1 Å². The lowest BCUT2D eigenvalue weighted by Gasteiger charge is -2.18. The maximum Gasteiger partial charge on any atom is 0.251 e. The topological polar surface area (TPSA) is 58.6 Å². The van der Waals surface area contributed by atoms with Crippen LogP contribution in [0, 0.1) is 0 Å². The molecule has 6 heteroatoms. The monoisotopic (exact) mass is 388 g/mol. The fourth-order valence-corrected chi connectivity index (χ4v) is 2.97. The fourth-order valence-electron chi connectivity index (χ4n) is 2.70. The quantitative estimate of drug-likeness (QED) is 0.875. The highest BCUT2D eigenvalue weighted by Gasteiger charge is 2.31. The van der Waals surface area contributed by atoms with Gasteiger partial charge in [-0.1, -0.05) is 22.0 Å².